The minimum absolute atomic E-state index is 0.0886. The van der Waals surface area contributed by atoms with Crippen LogP contribution in [0.2, 0.25) is 0 Å². The van der Waals surface area contributed by atoms with Crippen LogP contribution in [0.3, 0.4) is 0 Å². The average Bonchev–Trinajstić information content (AvgIpc) is 2.64. The molecule has 1 heterocycles. The molecule has 17 heavy (non-hydrogen) atoms. The van der Waals surface area contributed by atoms with Crippen molar-refractivity contribution in [3.05, 3.63) is 16.1 Å². The fourth-order valence-corrected chi connectivity index (χ4v) is 2.65. The molecule has 0 aliphatic heterocycles. The van der Waals surface area contributed by atoms with Gasteiger partial charge in [-0.05, 0) is 26.8 Å². The van der Waals surface area contributed by atoms with E-state index in [1.807, 2.05) is 19.4 Å². The van der Waals surface area contributed by atoms with Gasteiger partial charge in [0.2, 0.25) is 0 Å². The first-order chi connectivity index (χ1) is 8.04. The first kappa shape index (κ1) is 14.1. The largest absolute Gasteiger partial charge is 0.481 e. The second kappa shape index (κ2) is 6.71. The van der Waals surface area contributed by atoms with Crippen LogP contribution in [-0.4, -0.2) is 40.1 Å². The van der Waals surface area contributed by atoms with Crippen molar-refractivity contribution in [2.24, 2.45) is 0 Å². The van der Waals surface area contributed by atoms with Crippen LogP contribution in [-0.2, 0) is 11.2 Å². The van der Waals surface area contributed by atoms with E-state index in [0.717, 1.165) is 25.2 Å². The Balaban J connectivity index is 2.47. The van der Waals surface area contributed by atoms with Gasteiger partial charge in [-0.1, -0.05) is 6.92 Å². The SMILES string of the molecule is CCN(CCc1scnc1C)C(C)CC(=O)O. The second-order valence-electron chi connectivity index (χ2n) is 4.19. The highest BCUT2D eigenvalue weighted by molar-refractivity contribution is 7.09. The molecule has 0 radical (unpaired) electrons. The lowest BCUT2D eigenvalue weighted by molar-refractivity contribution is -0.138. The van der Waals surface area contributed by atoms with Crippen LogP contribution in [0.15, 0.2) is 5.51 Å². The normalized spacial score (nSPS) is 12.9. The molecule has 0 saturated heterocycles. The van der Waals surface area contributed by atoms with Crippen LogP contribution < -0.4 is 0 Å². The van der Waals surface area contributed by atoms with Gasteiger partial charge in [0.1, 0.15) is 0 Å². The molecule has 0 aliphatic carbocycles. The van der Waals surface area contributed by atoms with Gasteiger partial charge in [0.05, 0.1) is 17.6 Å². The van der Waals surface area contributed by atoms with Crippen molar-refractivity contribution in [2.45, 2.75) is 39.7 Å². The molecule has 0 saturated carbocycles. The van der Waals surface area contributed by atoms with Gasteiger partial charge in [-0.2, -0.15) is 0 Å². The van der Waals surface area contributed by atoms with Gasteiger partial charge in [0, 0.05) is 17.5 Å². The molecular formula is C12H20N2O2S. The Bertz CT molecular complexity index is 365. The summed E-state index contributed by atoms with van der Waals surface area (Å²) in [5.74, 6) is -0.732. The van der Waals surface area contributed by atoms with E-state index in [1.165, 1.54) is 4.88 Å². The zero-order chi connectivity index (χ0) is 12.8. The maximum Gasteiger partial charge on any atom is 0.304 e. The van der Waals surface area contributed by atoms with Crippen LogP contribution >= 0.6 is 11.3 Å². The number of rotatable bonds is 7. The molecule has 96 valence electrons. The van der Waals surface area contributed by atoms with Gasteiger partial charge in [-0.25, -0.2) is 4.98 Å². The number of aromatic nitrogens is 1. The molecule has 0 aromatic carbocycles. The second-order valence-corrected chi connectivity index (χ2v) is 5.13. The molecule has 0 fully saturated rings. The van der Waals surface area contributed by atoms with E-state index in [2.05, 4.69) is 16.8 Å². The molecule has 0 aliphatic rings. The van der Waals surface area contributed by atoms with E-state index in [0.29, 0.717) is 0 Å². The lowest BCUT2D eigenvalue weighted by Crippen LogP contribution is -2.36. The van der Waals surface area contributed by atoms with E-state index in [4.69, 9.17) is 5.11 Å². The Labute approximate surface area is 106 Å². The summed E-state index contributed by atoms with van der Waals surface area (Å²) in [7, 11) is 0. The maximum absolute atomic E-state index is 10.7. The summed E-state index contributed by atoms with van der Waals surface area (Å²) < 4.78 is 0. The fraction of sp³-hybridized carbons (Fsp3) is 0.667. The van der Waals surface area contributed by atoms with Gasteiger partial charge in [0.15, 0.2) is 0 Å². The predicted molar refractivity (Wildman–Crippen MR) is 69.5 cm³/mol. The molecule has 1 atom stereocenters. The standard InChI is InChI=1S/C12H20N2O2S/c1-4-14(9(2)7-12(15)16)6-5-11-10(3)13-8-17-11/h8-9H,4-7H2,1-3H3,(H,15,16). The number of hydrogen-bond donors (Lipinski definition) is 1. The summed E-state index contributed by atoms with van der Waals surface area (Å²) in [5.41, 5.74) is 2.96. The number of aryl methyl sites for hydroxylation is 1. The van der Waals surface area contributed by atoms with E-state index in [-0.39, 0.29) is 12.5 Å². The summed E-state index contributed by atoms with van der Waals surface area (Å²) in [6, 6.07) is 0.0886. The fourth-order valence-electron chi connectivity index (χ4n) is 1.88. The minimum atomic E-state index is -0.732. The van der Waals surface area contributed by atoms with E-state index < -0.39 is 5.97 Å². The monoisotopic (exact) mass is 256 g/mol. The van der Waals surface area contributed by atoms with Crippen molar-refractivity contribution >= 4 is 17.3 Å². The Kier molecular flexibility index (Phi) is 5.58. The minimum Gasteiger partial charge on any atom is -0.481 e. The van der Waals surface area contributed by atoms with Crippen LogP contribution in [0.1, 0.15) is 30.8 Å². The maximum atomic E-state index is 10.7. The molecule has 1 N–H and O–H groups in total. The predicted octanol–water partition coefficient (Wildman–Crippen LogP) is 2.18. The van der Waals surface area contributed by atoms with E-state index in [1.54, 1.807) is 11.3 Å². The van der Waals surface area contributed by atoms with Crippen molar-refractivity contribution in [3.63, 3.8) is 0 Å². The van der Waals surface area contributed by atoms with Crippen molar-refractivity contribution < 1.29 is 9.90 Å². The number of carbonyl (C=O) groups is 1. The number of likely N-dealkylation sites (N-methyl/N-ethyl adjacent to an activating group) is 1. The third kappa shape index (κ3) is 4.44. The Morgan fingerprint density at radius 3 is 2.82 bits per heavy atom. The first-order valence-corrected chi connectivity index (χ1v) is 6.77. The van der Waals surface area contributed by atoms with Gasteiger partial charge < -0.3 is 5.11 Å². The topological polar surface area (TPSA) is 53.4 Å². The summed E-state index contributed by atoms with van der Waals surface area (Å²) in [4.78, 5) is 18.4. The molecule has 1 aromatic rings. The molecule has 1 rings (SSSR count). The van der Waals surface area contributed by atoms with Gasteiger partial charge in [-0.3, -0.25) is 9.69 Å². The number of aliphatic carboxylic acids is 1. The summed E-state index contributed by atoms with van der Waals surface area (Å²) in [6.07, 6.45) is 1.16. The molecule has 0 spiro atoms. The van der Waals surface area contributed by atoms with Crippen LogP contribution in [0, 0.1) is 6.92 Å². The van der Waals surface area contributed by atoms with Gasteiger partial charge in [-0.15, -0.1) is 11.3 Å². The average molecular weight is 256 g/mol. The summed E-state index contributed by atoms with van der Waals surface area (Å²) in [5, 5.41) is 8.79. The van der Waals surface area contributed by atoms with Gasteiger partial charge in [0.25, 0.3) is 0 Å². The highest BCUT2D eigenvalue weighted by Crippen LogP contribution is 2.14. The van der Waals surface area contributed by atoms with Crippen LogP contribution in [0.25, 0.3) is 0 Å². The van der Waals surface area contributed by atoms with E-state index in [9.17, 15) is 4.79 Å². The highest BCUT2D eigenvalue weighted by Gasteiger charge is 2.15. The smallest absolute Gasteiger partial charge is 0.304 e. The summed E-state index contributed by atoms with van der Waals surface area (Å²) in [6.45, 7) is 7.83. The zero-order valence-electron chi connectivity index (χ0n) is 10.6. The molecule has 1 aromatic heterocycles. The lowest BCUT2D eigenvalue weighted by Gasteiger charge is -2.26. The Morgan fingerprint density at radius 1 is 1.65 bits per heavy atom. The zero-order valence-corrected chi connectivity index (χ0v) is 11.5. The Hall–Kier alpha value is -0.940. The van der Waals surface area contributed by atoms with Crippen LogP contribution in [0.4, 0.5) is 0 Å². The third-order valence-electron chi connectivity index (χ3n) is 2.97. The number of thiazole rings is 1. The van der Waals surface area contributed by atoms with Crippen LogP contribution in [0.5, 0.6) is 0 Å². The first-order valence-electron chi connectivity index (χ1n) is 5.89. The molecule has 4 nitrogen and oxygen atoms in total. The highest BCUT2D eigenvalue weighted by atomic mass is 32.1. The quantitative estimate of drug-likeness (QED) is 0.812. The number of nitrogens with zero attached hydrogens (tertiary/aromatic N) is 2. The lowest BCUT2D eigenvalue weighted by atomic mass is 10.2. The molecule has 0 bridgehead atoms. The number of carboxylic acids is 1. The molecule has 5 heteroatoms. The number of hydrogen-bond acceptors (Lipinski definition) is 4. The number of carboxylic acid groups (broad SMARTS) is 1. The van der Waals surface area contributed by atoms with Crippen molar-refractivity contribution in [2.75, 3.05) is 13.1 Å². The van der Waals surface area contributed by atoms with Crippen molar-refractivity contribution in [1.29, 1.82) is 0 Å². The molecule has 0 amide bonds. The Morgan fingerprint density at radius 2 is 2.35 bits per heavy atom. The van der Waals surface area contributed by atoms with Crippen molar-refractivity contribution in [1.82, 2.24) is 9.88 Å². The van der Waals surface area contributed by atoms with Crippen molar-refractivity contribution in [3.8, 4) is 0 Å². The molecule has 1 unspecified atom stereocenters. The third-order valence-corrected chi connectivity index (χ3v) is 3.97. The molecular weight excluding hydrogens is 236 g/mol. The van der Waals surface area contributed by atoms with Gasteiger partial charge >= 0.3 is 5.97 Å². The van der Waals surface area contributed by atoms with E-state index >= 15 is 0 Å². The summed E-state index contributed by atoms with van der Waals surface area (Å²) >= 11 is 1.67.